The van der Waals surface area contributed by atoms with E-state index in [4.69, 9.17) is 4.74 Å². The molecule has 1 fully saturated rings. The zero-order valence-corrected chi connectivity index (χ0v) is 22.8. The highest BCUT2D eigenvalue weighted by Gasteiger charge is 2.70. The molecular formula is C32H31N5O4. The number of aliphatic hydroxyl groups excluding tert-OH is 1. The Morgan fingerprint density at radius 1 is 1.00 bits per heavy atom. The number of rotatable bonds is 9. The highest BCUT2D eigenvalue weighted by molar-refractivity contribution is 5.96. The lowest BCUT2D eigenvalue weighted by Crippen LogP contribution is -2.56. The van der Waals surface area contributed by atoms with E-state index < -0.39 is 22.8 Å². The van der Waals surface area contributed by atoms with Crippen LogP contribution >= 0.6 is 0 Å². The lowest BCUT2D eigenvalue weighted by molar-refractivity contribution is 0.00953. The van der Waals surface area contributed by atoms with Crippen LogP contribution in [0.2, 0.25) is 0 Å². The number of carbonyl (C=O) groups excluding carboxylic acids is 2. The fourth-order valence-corrected chi connectivity index (χ4v) is 5.79. The predicted octanol–water partition coefficient (Wildman–Crippen LogP) is 4.04. The maximum absolute atomic E-state index is 13.6. The molecule has 1 saturated carbocycles. The molecule has 0 bridgehead atoms. The van der Waals surface area contributed by atoms with Gasteiger partial charge in [-0.2, -0.15) is 0 Å². The van der Waals surface area contributed by atoms with Crippen LogP contribution < -0.4 is 16.0 Å². The van der Waals surface area contributed by atoms with Crippen LogP contribution in [-0.4, -0.2) is 39.2 Å². The third-order valence-electron chi connectivity index (χ3n) is 7.95. The largest absolute Gasteiger partial charge is 0.451 e. The summed E-state index contributed by atoms with van der Waals surface area (Å²) < 4.78 is 5.59. The Labute approximate surface area is 238 Å². The maximum atomic E-state index is 13.6. The van der Waals surface area contributed by atoms with Crippen LogP contribution in [0.3, 0.4) is 0 Å². The molecule has 0 unspecified atom stereocenters. The monoisotopic (exact) mass is 549 g/mol. The predicted molar refractivity (Wildman–Crippen MR) is 153 cm³/mol. The Hall–Kier alpha value is -4.60. The van der Waals surface area contributed by atoms with E-state index in [9.17, 15) is 14.7 Å². The van der Waals surface area contributed by atoms with Crippen molar-refractivity contribution in [3.05, 3.63) is 125 Å². The second-order valence-corrected chi connectivity index (χ2v) is 11.0. The fourth-order valence-electron chi connectivity index (χ4n) is 5.79. The lowest BCUT2D eigenvalue weighted by atomic mass is 9.94. The van der Waals surface area contributed by atoms with Gasteiger partial charge in [0.2, 0.25) is 0 Å². The van der Waals surface area contributed by atoms with Gasteiger partial charge in [0.05, 0.1) is 23.8 Å². The molecule has 9 nitrogen and oxygen atoms in total. The number of ether oxygens (including phenoxy) is 1. The van der Waals surface area contributed by atoms with Crippen molar-refractivity contribution in [3.63, 3.8) is 0 Å². The Balaban J connectivity index is 1.44. The zero-order chi connectivity index (χ0) is 28.7. The van der Waals surface area contributed by atoms with Crippen LogP contribution in [0, 0.1) is 0 Å². The number of aliphatic hydroxyl groups is 1. The van der Waals surface area contributed by atoms with Crippen molar-refractivity contribution in [2.24, 2.45) is 0 Å². The minimum atomic E-state index is -1.02. The Kier molecular flexibility index (Phi) is 6.56. The van der Waals surface area contributed by atoms with Crippen LogP contribution in [0.25, 0.3) is 0 Å². The molecule has 0 spiro atoms. The molecule has 0 saturated heterocycles. The summed E-state index contributed by atoms with van der Waals surface area (Å²) in [5, 5.41) is 21.0. The summed E-state index contributed by atoms with van der Waals surface area (Å²) in [4.78, 5) is 34.0. The van der Waals surface area contributed by atoms with E-state index in [-0.39, 0.29) is 18.5 Å². The van der Waals surface area contributed by atoms with E-state index in [1.165, 1.54) is 18.7 Å². The van der Waals surface area contributed by atoms with Crippen LogP contribution in [0.15, 0.2) is 97.6 Å². The molecule has 3 aromatic carbocycles. The summed E-state index contributed by atoms with van der Waals surface area (Å²) in [7, 11) is 0. The first kappa shape index (κ1) is 26.6. The van der Waals surface area contributed by atoms with Gasteiger partial charge in [0.25, 0.3) is 5.91 Å². The van der Waals surface area contributed by atoms with Gasteiger partial charge >= 0.3 is 5.97 Å². The number of hydrogen-bond acceptors (Lipinski definition) is 8. The molecule has 9 heteroatoms. The summed E-state index contributed by atoms with van der Waals surface area (Å²) in [5.41, 5.74) is 1.63. The average molecular weight is 550 g/mol. The average Bonchev–Trinajstić information content (AvgIpc) is 3.54. The molecule has 2 aliphatic rings. The molecule has 1 aliphatic carbocycles. The van der Waals surface area contributed by atoms with Crippen molar-refractivity contribution in [2.45, 2.75) is 43.1 Å². The van der Waals surface area contributed by atoms with Crippen molar-refractivity contribution in [2.75, 3.05) is 11.9 Å². The van der Waals surface area contributed by atoms with Crippen LogP contribution in [0.1, 0.15) is 63.7 Å². The smallest absolute Gasteiger partial charge is 0.339 e. The number of benzene rings is 3. The van der Waals surface area contributed by atoms with Gasteiger partial charge in [-0.05, 0) is 43.2 Å². The number of amides is 1. The molecule has 208 valence electrons. The van der Waals surface area contributed by atoms with Crippen LogP contribution in [0.5, 0.6) is 0 Å². The molecule has 41 heavy (non-hydrogen) atoms. The Morgan fingerprint density at radius 3 is 2.37 bits per heavy atom. The number of cyclic esters (lactones) is 1. The van der Waals surface area contributed by atoms with E-state index in [0.717, 1.165) is 22.4 Å². The maximum Gasteiger partial charge on any atom is 0.339 e. The van der Waals surface area contributed by atoms with Crippen LogP contribution in [0.4, 0.5) is 5.69 Å². The summed E-state index contributed by atoms with van der Waals surface area (Å²) in [6.07, 6.45) is 4.77. The number of nitrogens with one attached hydrogen (secondary N) is 3. The zero-order valence-electron chi connectivity index (χ0n) is 22.8. The minimum Gasteiger partial charge on any atom is -0.451 e. The van der Waals surface area contributed by atoms with Gasteiger partial charge in [0.1, 0.15) is 23.1 Å². The third-order valence-corrected chi connectivity index (χ3v) is 7.95. The molecule has 1 aliphatic heterocycles. The standard InChI is InChI=1S/C32H31N5O4/c1-30(2)26-15-24(13-14-25(26)29(40)41-30)35-31(23-11-7-4-8-12-23)19-32(31,37-28(39)22-16-33-20-34-17-22)36-27(18-38)21-9-5-3-6-10-21/h3-17,20,27,35-36,38H,18-19H2,1-2H3,(H,37,39)/t27-,31-,32+/m1/s1. The van der Waals surface area contributed by atoms with E-state index in [1.54, 1.807) is 6.07 Å². The lowest BCUT2D eigenvalue weighted by Gasteiger charge is -2.33. The molecule has 2 heterocycles. The van der Waals surface area contributed by atoms with E-state index in [2.05, 4.69) is 25.9 Å². The van der Waals surface area contributed by atoms with Crippen LogP contribution in [-0.2, 0) is 15.9 Å². The number of esters is 1. The van der Waals surface area contributed by atoms with Crippen molar-refractivity contribution in [3.8, 4) is 0 Å². The summed E-state index contributed by atoms with van der Waals surface area (Å²) in [5.74, 6) is -0.695. The number of carbonyl (C=O) groups is 2. The van der Waals surface area contributed by atoms with E-state index in [0.29, 0.717) is 17.5 Å². The SMILES string of the molecule is CC1(C)OC(=O)c2ccc(N[C@@]3(c4ccccc4)C[C@@]3(NC(=O)c3cncnc3)N[C@H](CO)c3ccccc3)cc21. The Morgan fingerprint density at radius 2 is 1.68 bits per heavy atom. The number of anilines is 1. The van der Waals surface area contributed by atoms with Gasteiger partial charge < -0.3 is 20.5 Å². The van der Waals surface area contributed by atoms with Gasteiger partial charge in [-0.1, -0.05) is 60.7 Å². The summed E-state index contributed by atoms with van der Waals surface area (Å²) in [6.45, 7) is 3.54. The second-order valence-electron chi connectivity index (χ2n) is 11.0. The molecule has 3 atom stereocenters. The first-order chi connectivity index (χ1) is 19.8. The van der Waals surface area contributed by atoms with Gasteiger partial charge in [0.15, 0.2) is 0 Å². The third kappa shape index (κ3) is 4.73. The molecule has 6 rings (SSSR count). The second kappa shape index (κ2) is 10.1. The van der Waals surface area contributed by atoms with Gasteiger partial charge in [-0.25, -0.2) is 14.8 Å². The van der Waals surface area contributed by atoms with E-state index in [1.807, 2.05) is 86.6 Å². The van der Waals surface area contributed by atoms with Gasteiger partial charge in [-0.15, -0.1) is 0 Å². The number of fused-ring (bicyclic) bond motifs is 1. The minimum absolute atomic E-state index is 0.187. The first-order valence-electron chi connectivity index (χ1n) is 13.5. The van der Waals surface area contributed by atoms with Gasteiger partial charge in [0, 0.05) is 30.1 Å². The molecule has 1 amide bonds. The van der Waals surface area contributed by atoms with Crippen molar-refractivity contribution < 1.29 is 19.4 Å². The summed E-state index contributed by atoms with van der Waals surface area (Å²) in [6, 6.07) is 24.6. The molecule has 4 N–H and O–H groups in total. The summed E-state index contributed by atoms with van der Waals surface area (Å²) >= 11 is 0. The van der Waals surface area contributed by atoms with Crippen molar-refractivity contribution in [1.82, 2.24) is 20.6 Å². The van der Waals surface area contributed by atoms with Gasteiger partial charge in [-0.3, -0.25) is 10.1 Å². The molecule has 1 aromatic heterocycles. The topological polar surface area (TPSA) is 125 Å². The van der Waals surface area contributed by atoms with Crippen molar-refractivity contribution >= 4 is 17.6 Å². The number of hydrogen-bond donors (Lipinski definition) is 4. The highest BCUT2D eigenvalue weighted by Crippen LogP contribution is 2.57. The Bertz CT molecular complexity index is 1580. The number of nitrogens with zero attached hydrogens (tertiary/aromatic N) is 2. The molecular weight excluding hydrogens is 518 g/mol. The first-order valence-corrected chi connectivity index (χ1v) is 13.5. The molecule has 0 radical (unpaired) electrons. The highest BCUT2D eigenvalue weighted by atomic mass is 16.6. The number of aromatic nitrogens is 2. The normalized spacial score (nSPS) is 22.8. The van der Waals surface area contributed by atoms with E-state index >= 15 is 0 Å². The van der Waals surface area contributed by atoms with Crippen molar-refractivity contribution in [1.29, 1.82) is 0 Å². The molecule has 4 aromatic rings. The quantitative estimate of drug-likeness (QED) is 0.182. The fraction of sp³-hybridized carbons (Fsp3) is 0.250.